The first-order valence-electron chi connectivity index (χ1n) is 5.48. The topological polar surface area (TPSA) is 33.6 Å². The lowest BCUT2D eigenvalue weighted by molar-refractivity contribution is 0.340. The molecule has 0 aliphatic carbocycles. The van der Waals surface area contributed by atoms with Gasteiger partial charge in [0.1, 0.15) is 5.75 Å². The molecule has 1 unspecified atom stereocenters. The summed E-state index contributed by atoms with van der Waals surface area (Å²) in [4.78, 5) is 4.49. The maximum atomic E-state index is 5.45. The Labute approximate surface area is 100 Å². The molecule has 1 aromatic rings. The Kier molecular flexibility index (Phi) is 3.72. The Hall–Kier alpha value is -1.16. The van der Waals surface area contributed by atoms with Crippen LogP contribution in [0.25, 0.3) is 0 Å². The minimum Gasteiger partial charge on any atom is -0.494 e. The number of aliphatic imine (C=N–C) groups is 1. The number of anilines is 1. The van der Waals surface area contributed by atoms with Crippen molar-refractivity contribution in [2.75, 3.05) is 17.7 Å². The van der Waals surface area contributed by atoms with Gasteiger partial charge in [0.2, 0.25) is 0 Å². The fourth-order valence-corrected chi connectivity index (χ4v) is 2.41. The first kappa shape index (κ1) is 11.3. The number of ether oxygens (including phenoxy) is 1. The van der Waals surface area contributed by atoms with Gasteiger partial charge in [0.05, 0.1) is 12.6 Å². The minimum absolute atomic E-state index is 0.419. The van der Waals surface area contributed by atoms with Gasteiger partial charge in [0.15, 0.2) is 5.17 Å². The molecule has 1 aliphatic rings. The molecule has 0 saturated carbocycles. The molecule has 1 N–H and O–H groups in total. The number of hydrogen-bond acceptors (Lipinski definition) is 4. The molecule has 86 valence electrons. The van der Waals surface area contributed by atoms with Gasteiger partial charge in [-0.25, -0.2) is 0 Å². The van der Waals surface area contributed by atoms with Crippen molar-refractivity contribution in [1.29, 1.82) is 0 Å². The van der Waals surface area contributed by atoms with Crippen molar-refractivity contribution in [1.82, 2.24) is 0 Å². The van der Waals surface area contributed by atoms with E-state index in [1.165, 1.54) is 0 Å². The van der Waals surface area contributed by atoms with Crippen LogP contribution in [0.3, 0.4) is 0 Å². The Morgan fingerprint density at radius 2 is 2.44 bits per heavy atom. The second-order valence-electron chi connectivity index (χ2n) is 3.68. The van der Waals surface area contributed by atoms with Gasteiger partial charge in [0, 0.05) is 17.5 Å². The van der Waals surface area contributed by atoms with E-state index in [1.807, 2.05) is 31.2 Å². The zero-order valence-corrected chi connectivity index (χ0v) is 10.4. The minimum atomic E-state index is 0.419. The van der Waals surface area contributed by atoms with Crippen LogP contribution in [-0.2, 0) is 0 Å². The number of thioether (sulfide) groups is 1. The summed E-state index contributed by atoms with van der Waals surface area (Å²) in [7, 11) is 0. The number of nitrogens with zero attached hydrogens (tertiary/aromatic N) is 1. The van der Waals surface area contributed by atoms with E-state index >= 15 is 0 Å². The second kappa shape index (κ2) is 5.25. The van der Waals surface area contributed by atoms with Crippen LogP contribution >= 0.6 is 11.8 Å². The van der Waals surface area contributed by atoms with E-state index in [0.717, 1.165) is 22.4 Å². The first-order valence-corrected chi connectivity index (χ1v) is 6.47. The summed E-state index contributed by atoms with van der Waals surface area (Å²) in [6, 6.07) is 8.38. The highest BCUT2D eigenvalue weighted by atomic mass is 32.2. The summed E-state index contributed by atoms with van der Waals surface area (Å²) in [5.41, 5.74) is 1.03. The normalized spacial score (nSPS) is 19.4. The number of nitrogens with one attached hydrogen (secondary N) is 1. The Morgan fingerprint density at radius 1 is 1.56 bits per heavy atom. The summed E-state index contributed by atoms with van der Waals surface area (Å²) in [5.74, 6) is 1.96. The highest BCUT2D eigenvalue weighted by Crippen LogP contribution is 2.22. The van der Waals surface area contributed by atoms with Crippen LogP contribution in [-0.4, -0.2) is 23.6 Å². The van der Waals surface area contributed by atoms with E-state index in [9.17, 15) is 0 Å². The largest absolute Gasteiger partial charge is 0.494 e. The molecule has 0 radical (unpaired) electrons. The fraction of sp³-hybridized carbons (Fsp3) is 0.417. The Morgan fingerprint density at radius 3 is 3.12 bits per heavy atom. The molecule has 0 saturated heterocycles. The van der Waals surface area contributed by atoms with Gasteiger partial charge in [0.25, 0.3) is 0 Å². The van der Waals surface area contributed by atoms with Crippen LogP contribution in [0.4, 0.5) is 5.69 Å². The van der Waals surface area contributed by atoms with Crippen molar-refractivity contribution in [2.45, 2.75) is 19.9 Å². The first-order chi connectivity index (χ1) is 7.78. The molecular formula is C12H16N2OS. The lowest BCUT2D eigenvalue weighted by atomic mass is 10.3. The molecule has 1 aliphatic heterocycles. The van der Waals surface area contributed by atoms with Crippen molar-refractivity contribution < 1.29 is 4.74 Å². The van der Waals surface area contributed by atoms with Crippen LogP contribution in [0.15, 0.2) is 29.3 Å². The van der Waals surface area contributed by atoms with E-state index in [-0.39, 0.29) is 0 Å². The Balaban J connectivity index is 2.04. The van der Waals surface area contributed by atoms with Gasteiger partial charge in [-0.1, -0.05) is 17.8 Å². The van der Waals surface area contributed by atoms with Gasteiger partial charge in [-0.15, -0.1) is 0 Å². The third-order valence-corrected chi connectivity index (χ3v) is 3.33. The summed E-state index contributed by atoms with van der Waals surface area (Å²) >= 11 is 1.76. The molecule has 0 amide bonds. The highest BCUT2D eigenvalue weighted by Gasteiger charge is 2.13. The van der Waals surface area contributed by atoms with Gasteiger partial charge in [-0.2, -0.15) is 0 Å². The van der Waals surface area contributed by atoms with Crippen molar-refractivity contribution in [3.05, 3.63) is 24.3 Å². The summed E-state index contributed by atoms with van der Waals surface area (Å²) in [6.07, 6.45) is 0. The van der Waals surface area contributed by atoms with Gasteiger partial charge < -0.3 is 10.1 Å². The second-order valence-corrected chi connectivity index (χ2v) is 4.69. The van der Waals surface area contributed by atoms with E-state index in [4.69, 9.17) is 4.74 Å². The van der Waals surface area contributed by atoms with Crippen LogP contribution in [0, 0.1) is 0 Å². The zero-order chi connectivity index (χ0) is 11.4. The molecule has 1 aromatic carbocycles. The molecule has 0 spiro atoms. The van der Waals surface area contributed by atoms with Crippen LogP contribution in [0.5, 0.6) is 5.75 Å². The summed E-state index contributed by atoms with van der Waals surface area (Å²) in [6.45, 7) is 4.80. The molecule has 0 fully saturated rings. The molecule has 2 rings (SSSR count). The van der Waals surface area contributed by atoms with Crippen molar-refractivity contribution in [3.8, 4) is 5.75 Å². The Bertz CT molecular complexity index is 392. The lowest BCUT2D eigenvalue weighted by Gasteiger charge is -2.07. The zero-order valence-electron chi connectivity index (χ0n) is 9.56. The van der Waals surface area contributed by atoms with E-state index in [1.54, 1.807) is 11.8 Å². The molecular weight excluding hydrogens is 220 g/mol. The molecule has 0 aromatic heterocycles. The molecule has 1 atom stereocenters. The lowest BCUT2D eigenvalue weighted by Crippen LogP contribution is -2.05. The number of benzene rings is 1. The average Bonchev–Trinajstić information content (AvgIpc) is 2.65. The van der Waals surface area contributed by atoms with Crippen LogP contribution in [0.2, 0.25) is 0 Å². The predicted molar refractivity (Wildman–Crippen MR) is 70.6 cm³/mol. The van der Waals surface area contributed by atoms with Crippen molar-refractivity contribution in [3.63, 3.8) is 0 Å². The fourth-order valence-electron chi connectivity index (χ4n) is 1.50. The number of hydrogen-bond donors (Lipinski definition) is 1. The number of rotatable bonds is 3. The quantitative estimate of drug-likeness (QED) is 0.876. The molecule has 0 bridgehead atoms. The SMILES string of the molecule is CCOc1cccc(NC2=NC(C)CS2)c1. The van der Waals surface area contributed by atoms with E-state index in [0.29, 0.717) is 12.6 Å². The third kappa shape index (κ3) is 2.92. The van der Waals surface area contributed by atoms with Gasteiger partial charge in [-0.05, 0) is 26.0 Å². The summed E-state index contributed by atoms with van der Waals surface area (Å²) in [5, 5.41) is 4.30. The van der Waals surface area contributed by atoms with Gasteiger partial charge >= 0.3 is 0 Å². The van der Waals surface area contributed by atoms with Crippen LogP contribution < -0.4 is 10.1 Å². The average molecular weight is 236 g/mol. The van der Waals surface area contributed by atoms with Gasteiger partial charge in [-0.3, -0.25) is 4.99 Å². The van der Waals surface area contributed by atoms with Crippen molar-refractivity contribution >= 4 is 22.6 Å². The van der Waals surface area contributed by atoms with Crippen molar-refractivity contribution in [2.24, 2.45) is 4.99 Å². The predicted octanol–water partition coefficient (Wildman–Crippen LogP) is 2.99. The highest BCUT2D eigenvalue weighted by molar-refractivity contribution is 8.14. The maximum absolute atomic E-state index is 5.45. The molecule has 1 heterocycles. The number of amidine groups is 1. The van der Waals surface area contributed by atoms with E-state index < -0.39 is 0 Å². The molecule has 3 nitrogen and oxygen atoms in total. The van der Waals surface area contributed by atoms with E-state index in [2.05, 4.69) is 17.2 Å². The molecule has 4 heteroatoms. The molecule has 16 heavy (non-hydrogen) atoms. The standard InChI is InChI=1S/C12H16N2OS/c1-3-15-11-6-4-5-10(7-11)14-12-13-9(2)8-16-12/h4-7,9H,3,8H2,1-2H3,(H,13,14). The third-order valence-electron chi connectivity index (χ3n) is 2.20. The monoisotopic (exact) mass is 236 g/mol. The smallest absolute Gasteiger partial charge is 0.161 e. The van der Waals surface area contributed by atoms with Crippen LogP contribution in [0.1, 0.15) is 13.8 Å². The maximum Gasteiger partial charge on any atom is 0.161 e. The summed E-state index contributed by atoms with van der Waals surface area (Å²) < 4.78 is 5.45.